The molecule has 1 N–H and O–H groups in total. The quantitative estimate of drug-likeness (QED) is 0.728. The fourth-order valence-electron chi connectivity index (χ4n) is 2.59. The molecule has 0 spiro atoms. The van der Waals surface area contributed by atoms with Gasteiger partial charge in [0.15, 0.2) is 0 Å². The average molecular weight is 235 g/mol. The number of aryl methyl sites for hydroxylation is 1. The van der Waals surface area contributed by atoms with Crippen LogP contribution in [0.25, 0.3) is 0 Å². The van der Waals surface area contributed by atoms with Gasteiger partial charge in [-0.1, -0.05) is 39.0 Å². The molecule has 0 saturated heterocycles. The van der Waals surface area contributed by atoms with Crippen LogP contribution in [0.2, 0.25) is 0 Å². The summed E-state index contributed by atoms with van der Waals surface area (Å²) >= 11 is 0. The van der Waals surface area contributed by atoms with Crippen LogP contribution < -0.4 is 5.32 Å². The second-order valence-electron chi connectivity index (χ2n) is 5.13. The predicted octanol–water partition coefficient (Wildman–Crippen LogP) is 3.82. The lowest BCUT2D eigenvalue weighted by molar-refractivity contribution is 0.581. The number of anilines is 1. The molecule has 1 saturated carbocycles. The van der Waals surface area contributed by atoms with Crippen LogP contribution in [0, 0.1) is 0 Å². The van der Waals surface area contributed by atoms with Crippen LogP contribution in [0.5, 0.6) is 0 Å². The predicted molar refractivity (Wildman–Crippen MR) is 72.2 cm³/mol. The lowest BCUT2D eigenvalue weighted by atomic mass is 10.2. The highest BCUT2D eigenvalue weighted by Crippen LogP contribution is 2.21. The van der Waals surface area contributed by atoms with Crippen molar-refractivity contribution in [1.82, 2.24) is 9.55 Å². The smallest absolute Gasteiger partial charge is 0.202 e. The minimum Gasteiger partial charge on any atom is -0.353 e. The first-order valence-corrected chi connectivity index (χ1v) is 7.18. The molecule has 3 heteroatoms. The molecule has 0 radical (unpaired) electrons. The third kappa shape index (κ3) is 3.76. The van der Waals surface area contributed by atoms with Crippen LogP contribution in [-0.2, 0) is 6.54 Å². The zero-order valence-corrected chi connectivity index (χ0v) is 11.0. The second-order valence-corrected chi connectivity index (χ2v) is 5.13. The van der Waals surface area contributed by atoms with Gasteiger partial charge in [0.2, 0.25) is 5.95 Å². The largest absolute Gasteiger partial charge is 0.353 e. The summed E-state index contributed by atoms with van der Waals surface area (Å²) in [5.41, 5.74) is 0. The Bertz CT molecular complexity index is 313. The van der Waals surface area contributed by atoms with Crippen LogP contribution in [0.1, 0.15) is 58.3 Å². The van der Waals surface area contributed by atoms with E-state index in [1.807, 2.05) is 6.20 Å². The van der Waals surface area contributed by atoms with Gasteiger partial charge in [0.25, 0.3) is 0 Å². The Hall–Kier alpha value is -0.990. The van der Waals surface area contributed by atoms with E-state index in [2.05, 4.69) is 28.0 Å². The first-order chi connectivity index (χ1) is 8.40. The Morgan fingerprint density at radius 1 is 1.29 bits per heavy atom. The van der Waals surface area contributed by atoms with E-state index in [-0.39, 0.29) is 0 Å². The van der Waals surface area contributed by atoms with E-state index in [9.17, 15) is 0 Å². The molecule has 0 aromatic carbocycles. The van der Waals surface area contributed by atoms with E-state index in [0.29, 0.717) is 6.04 Å². The molecule has 1 aliphatic rings. The van der Waals surface area contributed by atoms with Gasteiger partial charge in [-0.3, -0.25) is 0 Å². The Kier molecular flexibility index (Phi) is 4.89. The fourth-order valence-corrected chi connectivity index (χ4v) is 2.59. The maximum absolute atomic E-state index is 4.43. The SMILES string of the molecule is CCCCCCn1ccnc1NC1CCCC1. The van der Waals surface area contributed by atoms with Crippen molar-refractivity contribution in [2.24, 2.45) is 0 Å². The number of aromatic nitrogens is 2. The fraction of sp³-hybridized carbons (Fsp3) is 0.786. The average Bonchev–Trinajstić information content (AvgIpc) is 2.97. The maximum atomic E-state index is 4.43. The van der Waals surface area contributed by atoms with E-state index < -0.39 is 0 Å². The lowest BCUT2D eigenvalue weighted by Gasteiger charge is -2.14. The molecular weight excluding hydrogens is 210 g/mol. The van der Waals surface area contributed by atoms with E-state index in [1.54, 1.807) is 0 Å². The summed E-state index contributed by atoms with van der Waals surface area (Å²) in [6, 6.07) is 0.659. The van der Waals surface area contributed by atoms with Gasteiger partial charge >= 0.3 is 0 Å². The molecule has 1 aliphatic carbocycles. The van der Waals surface area contributed by atoms with E-state index in [1.165, 1.54) is 51.4 Å². The molecule has 0 unspecified atom stereocenters. The lowest BCUT2D eigenvalue weighted by Crippen LogP contribution is -2.18. The Labute approximate surface area is 105 Å². The van der Waals surface area contributed by atoms with Gasteiger partial charge < -0.3 is 9.88 Å². The Balaban J connectivity index is 1.79. The van der Waals surface area contributed by atoms with E-state index >= 15 is 0 Å². The van der Waals surface area contributed by atoms with Gasteiger partial charge in [0.1, 0.15) is 0 Å². The van der Waals surface area contributed by atoms with Crippen molar-refractivity contribution >= 4 is 5.95 Å². The normalized spacial score (nSPS) is 16.5. The van der Waals surface area contributed by atoms with Crippen molar-refractivity contribution in [3.8, 4) is 0 Å². The van der Waals surface area contributed by atoms with Crippen molar-refractivity contribution in [3.05, 3.63) is 12.4 Å². The Morgan fingerprint density at radius 3 is 2.88 bits per heavy atom. The van der Waals surface area contributed by atoms with Crippen molar-refractivity contribution in [2.45, 2.75) is 70.9 Å². The van der Waals surface area contributed by atoms with Gasteiger partial charge in [0, 0.05) is 25.0 Å². The molecule has 1 aromatic heterocycles. The summed E-state index contributed by atoms with van der Waals surface area (Å²) in [6.07, 6.45) is 14.6. The first-order valence-electron chi connectivity index (χ1n) is 7.18. The van der Waals surface area contributed by atoms with E-state index in [0.717, 1.165) is 12.5 Å². The summed E-state index contributed by atoms with van der Waals surface area (Å²) in [7, 11) is 0. The molecule has 1 heterocycles. The molecule has 3 nitrogen and oxygen atoms in total. The standard InChI is InChI=1S/C14H25N3/c1-2-3-4-7-11-17-12-10-15-14(17)16-13-8-5-6-9-13/h10,12-13H,2-9,11H2,1H3,(H,15,16). The van der Waals surface area contributed by atoms with Crippen molar-refractivity contribution in [1.29, 1.82) is 0 Å². The molecule has 1 aromatic rings. The van der Waals surface area contributed by atoms with Gasteiger partial charge in [0.05, 0.1) is 0 Å². The monoisotopic (exact) mass is 235 g/mol. The molecule has 0 amide bonds. The Morgan fingerprint density at radius 2 is 2.12 bits per heavy atom. The minimum absolute atomic E-state index is 0.659. The van der Waals surface area contributed by atoms with E-state index in [4.69, 9.17) is 0 Å². The number of nitrogens with one attached hydrogen (secondary N) is 1. The number of hydrogen-bond acceptors (Lipinski definition) is 2. The van der Waals surface area contributed by atoms with Crippen molar-refractivity contribution in [3.63, 3.8) is 0 Å². The number of hydrogen-bond donors (Lipinski definition) is 1. The van der Waals surface area contributed by atoms with Gasteiger partial charge in [-0.2, -0.15) is 0 Å². The first kappa shape index (κ1) is 12.5. The minimum atomic E-state index is 0.659. The third-order valence-electron chi connectivity index (χ3n) is 3.66. The van der Waals surface area contributed by atoms with Crippen LogP contribution >= 0.6 is 0 Å². The molecule has 0 aliphatic heterocycles. The third-order valence-corrected chi connectivity index (χ3v) is 3.66. The highest BCUT2D eigenvalue weighted by Gasteiger charge is 2.16. The number of rotatable bonds is 7. The summed E-state index contributed by atoms with van der Waals surface area (Å²) in [5, 5.41) is 3.58. The highest BCUT2D eigenvalue weighted by atomic mass is 15.2. The molecule has 1 fully saturated rings. The molecule has 0 atom stereocenters. The van der Waals surface area contributed by atoms with Crippen molar-refractivity contribution < 1.29 is 0 Å². The molecule has 2 rings (SSSR count). The summed E-state index contributed by atoms with van der Waals surface area (Å²) in [5.74, 6) is 1.08. The number of nitrogens with zero attached hydrogens (tertiary/aromatic N) is 2. The molecule has 17 heavy (non-hydrogen) atoms. The van der Waals surface area contributed by atoms with Gasteiger partial charge in [-0.15, -0.1) is 0 Å². The molecule has 0 bridgehead atoms. The number of imidazole rings is 1. The second kappa shape index (κ2) is 6.67. The van der Waals surface area contributed by atoms with Crippen molar-refractivity contribution in [2.75, 3.05) is 5.32 Å². The summed E-state index contributed by atoms with van der Waals surface area (Å²) in [6.45, 7) is 3.36. The van der Waals surface area contributed by atoms with Crippen LogP contribution in [0.15, 0.2) is 12.4 Å². The number of unbranched alkanes of at least 4 members (excludes halogenated alkanes) is 3. The summed E-state index contributed by atoms with van der Waals surface area (Å²) in [4.78, 5) is 4.43. The highest BCUT2D eigenvalue weighted by molar-refractivity contribution is 5.27. The van der Waals surface area contributed by atoms with Crippen LogP contribution in [0.3, 0.4) is 0 Å². The summed E-state index contributed by atoms with van der Waals surface area (Å²) < 4.78 is 2.27. The molecular formula is C14H25N3. The topological polar surface area (TPSA) is 29.9 Å². The van der Waals surface area contributed by atoms with Gasteiger partial charge in [-0.05, 0) is 19.3 Å². The van der Waals surface area contributed by atoms with Gasteiger partial charge in [-0.25, -0.2) is 4.98 Å². The maximum Gasteiger partial charge on any atom is 0.202 e. The molecule has 96 valence electrons. The van der Waals surface area contributed by atoms with Crippen LogP contribution in [-0.4, -0.2) is 15.6 Å². The van der Waals surface area contributed by atoms with Crippen LogP contribution in [0.4, 0.5) is 5.95 Å². The zero-order chi connectivity index (χ0) is 11.9. The zero-order valence-electron chi connectivity index (χ0n) is 11.0.